The van der Waals surface area contributed by atoms with Crippen molar-refractivity contribution >= 4 is 5.69 Å². The maximum absolute atomic E-state index is 6.76. The Hall–Kier alpha value is -1.14. The van der Waals surface area contributed by atoms with Crippen LogP contribution in [-0.4, -0.2) is 17.2 Å². The first kappa shape index (κ1) is 29.1. The van der Waals surface area contributed by atoms with Gasteiger partial charge in [-0.05, 0) is 45.7 Å². The molecule has 1 aromatic carbocycles. The van der Waals surface area contributed by atoms with Crippen molar-refractivity contribution in [1.29, 1.82) is 0 Å². The van der Waals surface area contributed by atoms with E-state index >= 15 is 0 Å². The van der Waals surface area contributed by atoms with Crippen LogP contribution in [0.25, 0.3) is 0 Å². The van der Waals surface area contributed by atoms with Crippen LogP contribution in [0.3, 0.4) is 0 Å². The van der Waals surface area contributed by atoms with Crippen molar-refractivity contribution in [2.24, 2.45) is 11.5 Å². The molecule has 0 radical (unpaired) electrons. The SMILES string of the molecule is CCCCCCCCCCCCCCCCCC1(C)NC(C)(N)NC(C)(N)N1c1ccccc1. The fourth-order valence-corrected chi connectivity index (χ4v) is 5.89. The fourth-order valence-electron chi connectivity index (χ4n) is 5.89. The molecule has 0 amide bonds. The Kier molecular flexibility index (Phi) is 12.3. The highest BCUT2D eigenvalue weighted by Crippen LogP contribution is 2.35. The average molecular weight is 474 g/mol. The molecular formula is C29H55N5. The zero-order valence-corrected chi connectivity index (χ0v) is 22.8. The van der Waals surface area contributed by atoms with E-state index in [1.807, 2.05) is 19.9 Å². The van der Waals surface area contributed by atoms with E-state index in [0.29, 0.717) is 0 Å². The predicted molar refractivity (Wildman–Crippen MR) is 148 cm³/mol. The zero-order chi connectivity index (χ0) is 24.9. The molecule has 6 N–H and O–H groups in total. The lowest BCUT2D eigenvalue weighted by atomic mass is 9.94. The van der Waals surface area contributed by atoms with Crippen LogP contribution in [0.2, 0.25) is 0 Å². The van der Waals surface area contributed by atoms with Crippen molar-refractivity contribution in [3.05, 3.63) is 30.3 Å². The highest BCUT2D eigenvalue weighted by Gasteiger charge is 2.50. The second-order valence-electron chi connectivity index (χ2n) is 11.2. The van der Waals surface area contributed by atoms with E-state index < -0.39 is 11.6 Å². The van der Waals surface area contributed by atoms with Gasteiger partial charge in [-0.2, -0.15) is 0 Å². The van der Waals surface area contributed by atoms with Crippen LogP contribution in [0.15, 0.2) is 30.3 Å². The maximum Gasteiger partial charge on any atom is 0.144 e. The van der Waals surface area contributed by atoms with Crippen molar-refractivity contribution in [2.75, 3.05) is 4.90 Å². The van der Waals surface area contributed by atoms with Gasteiger partial charge >= 0.3 is 0 Å². The Bertz CT molecular complexity index is 660. The molecule has 0 bridgehead atoms. The van der Waals surface area contributed by atoms with Gasteiger partial charge in [-0.25, -0.2) is 0 Å². The first-order valence-electron chi connectivity index (χ1n) is 14.2. The molecular weight excluding hydrogens is 418 g/mol. The number of benzene rings is 1. The summed E-state index contributed by atoms with van der Waals surface area (Å²) in [6.07, 6.45) is 21.7. The maximum atomic E-state index is 6.76. The van der Waals surface area contributed by atoms with Crippen LogP contribution in [0.1, 0.15) is 130 Å². The van der Waals surface area contributed by atoms with Crippen molar-refractivity contribution < 1.29 is 0 Å². The number of hydrogen-bond acceptors (Lipinski definition) is 5. The van der Waals surface area contributed by atoms with Gasteiger partial charge < -0.3 is 10.6 Å². The third-order valence-corrected chi connectivity index (χ3v) is 7.28. The van der Waals surface area contributed by atoms with Crippen LogP contribution >= 0.6 is 0 Å². The molecule has 3 atom stereocenters. The summed E-state index contributed by atoms with van der Waals surface area (Å²) in [5, 5.41) is 7.00. The Labute approximate surface area is 210 Å². The first-order valence-corrected chi connectivity index (χ1v) is 14.2. The summed E-state index contributed by atoms with van der Waals surface area (Å²) in [4.78, 5) is 2.26. The first-order chi connectivity index (χ1) is 16.2. The van der Waals surface area contributed by atoms with E-state index in [4.69, 9.17) is 11.5 Å². The van der Waals surface area contributed by atoms with E-state index in [-0.39, 0.29) is 5.66 Å². The van der Waals surface area contributed by atoms with Crippen molar-refractivity contribution in [3.63, 3.8) is 0 Å². The normalized spacial score (nSPS) is 27.3. The lowest BCUT2D eigenvalue weighted by Gasteiger charge is -2.60. The fraction of sp³-hybridized carbons (Fsp3) is 0.793. The summed E-state index contributed by atoms with van der Waals surface area (Å²) >= 11 is 0. The molecule has 5 nitrogen and oxygen atoms in total. The van der Waals surface area contributed by atoms with Crippen LogP contribution in [0, 0.1) is 0 Å². The third kappa shape index (κ3) is 9.85. The van der Waals surface area contributed by atoms with E-state index in [0.717, 1.165) is 18.5 Å². The van der Waals surface area contributed by atoms with Gasteiger partial charge in [0.1, 0.15) is 11.6 Å². The summed E-state index contributed by atoms with van der Waals surface area (Å²) in [7, 11) is 0. The molecule has 1 aliphatic rings. The third-order valence-electron chi connectivity index (χ3n) is 7.28. The number of nitrogens with one attached hydrogen (secondary N) is 2. The number of unbranched alkanes of at least 4 members (excludes halogenated alkanes) is 14. The molecule has 0 saturated carbocycles. The minimum absolute atomic E-state index is 0.323. The van der Waals surface area contributed by atoms with Gasteiger partial charge in [0.2, 0.25) is 0 Å². The topological polar surface area (TPSA) is 79.3 Å². The van der Waals surface area contributed by atoms with E-state index in [1.165, 1.54) is 89.9 Å². The molecule has 196 valence electrons. The van der Waals surface area contributed by atoms with Crippen LogP contribution in [-0.2, 0) is 0 Å². The monoisotopic (exact) mass is 473 g/mol. The summed E-state index contributed by atoms with van der Waals surface area (Å²) in [5.74, 6) is -1.47. The molecule has 1 saturated heterocycles. The number of para-hydroxylation sites is 1. The van der Waals surface area contributed by atoms with E-state index in [9.17, 15) is 0 Å². The highest BCUT2D eigenvalue weighted by atomic mass is 15.6. The highest BCUT2D eigenvalue weighted by molar-refractivity contribution is 5.52. The minimum atomic E-state index is -0.750. The van der Waals surface area contributed by atoms with Crippen molar-refractivity contribution in [2.45, 2.75) is 148 Å². The van der Waals surface area contributed by atoms with Gasteiger partial charge in [-0.15, -0.1) is 0 Å². The standard InChI is InChI=1S/C29H55N5/c1-5-6-7-8-9-10-11-12-13-14-15-16-17-18-22-25-27(2)32-28(3,30)33-29(4,31)34(27)26-23-20-19-21-24-26/h19-21,23-24,32-33H,5-18,22,25,30-31H2,1-4H3. The molecule has 1 fully saturated rings. The lowest BCUT2D eigenvalue weighted by molar-refractivity contribution is 0.0547. The molecule has 34 heavy (non-hydrogen) atoms. The summed E-state index contributed by atoms with van der Waals surface area (Å²) in [6, 6.07) is 10.4. The van der Waals surface area contributed by atoms with Gasteiger partial charge in [0.15, 0.2) is 0 Å². The summed E-state index contributed by atoms with van der Waals surface area (Å²) < 4.78 is 0. The zero-order valence-electron chi connectivity index (χ0n) is 22.8. The van der Waals surface area contributed by atoms with Gasteiger partial charge in [0.05, 0.1) is 5.66 Å². The van der Waals surface area contributed by atoms with Crippen LogP contribution in [0.4, 0.5) is 5.69 Å². The average Bonchev–Trinajstić information content (AvgIpc) is 2.75. The van der Waals surface area contributed by atoms with Crippen molar-refractivity contribution in [1.82, 2.24) is 10.6 Å². The van der Waals surface area contributed by atoms with Gasteiger partial charge in [-0.3, -0.25) is 16.4 Å². The molecule has 0 aromatic heterocycles. The van der Waals surface area contributed by atoms with Gasteiger partial charge in [-0.1, -0.05) is 115 Å². The number of nitrogens with two attached hydrogens (primary N) is 2. The van der Waals surface area contributed by atoms with Crippen molar-refractivity contribution in [3.8, 4) is 0 Å². The summed E-state index contributed by atoms with van der Waals surface area (Å²) in [5.41, 5.74) is 14.0. The Morgan fingerprint density at radius 1 is 0.647 bits per heavy atom. The predicted octanol–water partition coefficient (Wildman–Crippen LogP) is 6.93. The smallest absolute Gasteiger partial charge is 0.144 e. The van der Waals surface area contributed by atoms with Gasteiger partial charge in [0.25, 0.3) is 0 Å². The number of rotatable bonds is 17. The Morgan fingerprint density at radius 2 is 1.09 bits per heavy atom. The number of hydrogen-bond donors (Lipinski definition) is 4. The number of nitrogens with zero attached hydrogens (tertiary/aromatic N) is 1. The molecule has 1 heterocycles. The van der Waals surface area contributed by atoms with E-state index in [1.54, 1.807) is 0 Å². The molecule has 2 rings (SSSR count). The quantitative estimate of drug-likeness (QED) is 0.185. The molecule has 1 aliphatic heterocycles. The minimum Gasteiger partial charge on any atom is -0.323 e. The lowest BCUT2D eigenvalue weighted by Crippen LogP contribution is -2.88. The van der Waals surface area contributed by atoms with E-state index in [2.05, 4.69) is 53.6 Å². The molecule has 0 aliphatic carbocycles. The molecule has 3 unspecified atom stereocenters. The van der Waals surface area contributed by atoms with Gasteiger partial charge in [0, 0.05) is 5.69 Å². The summed E-state index contributed by atoms with van der Waals surface area (Å²) in [6.45, 7) is 8.50. The second-order valence-corrected chi connectivity index (χ2v) is 11.2. The molecule has 1 aromatic rings. The molecule has 5 heteroatoms. The number of anilines is 1. The van der Waals surface area contributed by atoms with Crippen LogP contribution < -0.4 is 27.0 Å². The Balaban J connectivity index is 1.66. The second kappa shape index (κ2) is 14.4. The van der Waals surface area contributed by atoms with Crippen LogP contribution in [0.5, 0.6) is 0 Å². The largest absolute Gasteiger partial charge is 0.323 e. The molecule has 0 spiro atoms. The Morgan fingerprint density at radius 3 is 1.56 bits per heavy atom.